The van der Waals surface area contributed by atoms with Crippen LogP contribution in [-0.4, -0.2) is 81.6 Å². The number of nitrogens with one attached hydrogen (secondary N) is 3. The molecule has 1 aromatic rings. The summed E-state index contributed by atoms with van der Waals surface area (Å²) < 4.78 is 0. The smallest absolute Gasteiger partial charge is 0.326 e. The van der Waals surface area contributed by atoms with Crippen molar-refractivity contribution in [3.8, 4) is 5.75 Å². The Labute approximate surface area is 209 Å². The third-order valence-electron chi connectivity index (χ3n) is 5.17. The van der Waals surface area contributed by atoms with E-state index in [0.717, 1.165) is 0 Å². The van der Waals surface area contributed by atoms with Crippen molar-refractivity contribution in [2.45, 2.75) is 62.9 Å². The minimum absolute atomic E-state index is 0.00189. The maximum Gasteiger partial charge on any atom is 0.326 e. The summed E-state index contributed by atoms with van der Waals surface area (Å²) in [5.74, 6) is -3.58. The largest absolute Gasteiger partial charge is 0.508 e. The van der Waals surface area contributed by atoms with E-state index in [1.807, 2.05) is 0 Å². The van der Waals surface area contributed by atoms with Gasteiger partial charge in [-0.05, 0) is 50.4 Å². The van der Waals surface area contributed by atoms with Crippen LogP contribution in [0, 0.1) is 0 Å². The van der Waals surface area contributed by atoms with Gasteiger partial charge in [0, 0.05) is 12.2 Å². The fraction of sp³-hybridized carbons (Fsp3) is 0.545. The number of benzene rings is 1. The molecule has 10 N–H and O–H groups in total. The molecule has 1 aromatic carbocycles. The zero-order chi connectivity index (χ0) is 26.5. The molecular formula is C22H35N5O7S. The second-order valence-corrected chi connectivity index (χ2v) is 8.50. The number of hydrogen-bond acceptors (Lipinski definition) is 9. The number of rotatable bonds is 15. The number of unbranched alkanes of at least 4 members (excludes halogenated alkanes) is 1. The first-order valence-electron chi connectivity index (χ1n) is 11.2. The Balaban J connectivity index is 3.10. The number of aliphatic hydroxyl groups excluding tert-OH is 1. The highest BCUT2D eigenvalue weighted by Crippen LogP contribution is 2.12. The Morgan fingerprint density at radius 1 is 0.971 bits per heavy atom. The molecule has 5 atom stereocenters. The molecule has 13 heteroatoms. The van der Waals surface area contributed by atoms with Crippen molar-refractivity contribution in [1.29, 1.82) is 0 Å². The van der Waals surface area contributed by atoms with Crippen LogP contribution in [0.15, 0.2) is 24.3 Å². The first kappa shape index (κ1) is 30.2. The molecular weight excluding hydrogens is 478 g/mol. The van der Waals surface area contributed by atoms with Crippen molar-refractivity contribution in [2.75, 3.05) is 12.3 Å². The number of aromatic hydroxyl groups is 1. The fourth-order valence-corrected chi connectivity index (χ4v) is 3.28. The number of nitrogens with two attached hydrogens (primary N) is 2. The summed E-state index contributed by atoms with van der Waals surface area (Å²) >= 11 is 3.93. The van der Waals surface area contributed by atoms with Crippen molar-refractivity contribution in [1.82, 2.24) is 16.0 Å². The van der Waals surface area contributed by atoms with Gasteiger partial charge in [0.1, 0.15) is 23.9 Å². The molecule has 0 aliphatic carbocycles. The molecule has 0 heterocycles. The lowest BCUT2D eigenvalue weighted by atomic mass is 10.0. The normalized spacial score (nSPS) is 15.2. The van der Waals surface area contributed by atoms with Crippen molar-refractivity contribution >= 4 is 36.3 Å². The lowest BCUT2D eigenvalue weighted by Gasteiger charge is -2.26. The molecule has 12 nitrogen and oxygen atoms in total. The number of carboxylic acid groups (broad SMARTS) is 1. The van der Waals surface area contributed by atoms with Gasteiger partial charge in [0.15, 0.2) is 0 Å². The topological polar surface area (TPSA) is 217 Å². The molecule has 3 amide bonds. The maximum atomic E-state index is 13.0. The van der Waals surface area contributed by atoms with Gasteiger partial charge in [-0.25, -0.2) is 4.79 Å². The van der Waals surface area contributed by atoms with Crippen molar-refractivity contribution in [2.24, 2.45) is 11.5 Å². The van der Waals surface area contributed by atoms with E-state index in [1.54, 1.807) is 0 Å². The minimum atomic E-state index is -1.43. The molecule has 0 aliphatic rings. The number of thiol groups is 1. The molecule has 5 unspecified atom stereocenters. The Hall–Kier alpha value is -2.87. The van der Waals surface area contributed by atoms with E-state index in [2.05, 4.69) is 28.6 Å². The highest BCUT2D eigenvalue weighted by molar-refractivity contribution is 7.80. The van der Waals surface area contributed by atoms with Gasteiger partial charge in [-0.1, -0.05) is 12.1 Å². The fourth-order valence-electron chi connectivity index (χ4n) is 3.11. The summed E-state index contributed by atoms with van der Waals surface area (Å²) in [4.78, 5) is 49.7. The van der Waals surface area contributed by atoms with Crippen LogP contribution in [-0.2, 0) is 25.6 Å². The monoisotopic (exact) mass is 513 g/mol. The van der Waals surface area contributed by atoms with Crippen molar-refractivity contribution in [3.63, 3.8) is 0 Å². The number of carboxylic acids is 1. The first-order valence-corrected chi connectivity index (χ1v) is 11.8. The van der Waals surface area contributed by atoms with E-state index in [1.165, 1.54) is 31.2 Å². The third kappa shape index (κ3) is 10.5. The number of amides is 3. The number of phenols is 1. The maximum absolute atomic E-state index is 13.0. The lowest BCUT2D eigenvalue weighted by Crippen LogP contribution is -2.60. The Bertz CT molecular complexity index is 853. The van der Waals surface area contributed by atoms with E-state index < -0.39 is 54.0 Å². The van der Waals surface area contributed by atoms with Crippen LogP contribution in [0.4, 0.5) is 0 Å². The van der Waals surface area contributed by atoms with Gasteiger partial charge in [-0.3, -0.25) is 14.4 Å². The predicted molar refractivity (Wildman–Crippen MR) is 132 cm³/mol. The molecule has 0 fully saturated rings. The lowest BCUT2D eigenvalue weighted by molar-refractivity contribution is -0.142. The van der Waals surface area contributed by atoms with Gasteiger partial charge >= 0.3 is 5.97 Å². The standard InChI is InChI=1S/C22H35N5O7S/c1-12(28)18(27-19(30)15(24)11-35)21(32)26-17(10-13-5-7-14(29)8-6-13)20(31)25-16(22(33)34)4-2-3-9-23/h5-8,12,15-18,28-29,35H,2-4,9-11,23-24H2,1H3,(H,25,31)(H,26,32)(H,27,30)(H,33,34). The summed E-state index contributed by atoms with van der Waals surface area (Å²) in [7, 11) is 0. The summed E-state index contributed by atoms with van der Waals surface area (Å²) in [6, 6.07) is 0.979. The molecule has 0 spiro atoms. The number of aliphatic hydroxyl groups is 1. The van der Waals surface area contributed by atoms with Gasteiger partial charge in [0.2, 0.25) is 17.7 Å². The SMILES string of the molecule is CC(O)C(NC(=O)C(N)CS)C(=O)NC(Cc1ccc(O)cc1)C(=O)NC(CCCCN)C(=O)O. The third-order valence-corrected chi connectivity index (χ3v) is 5.56. The quantitative estimate of drug-likeness (QED) is 0.0957. The molecule has 0 saturated carbocycles. The number of aliphatic carboxylic acids is 1. The average Bonchev–Trinajstić information content (AvgIpc) is 2.81. The van der Waals surface area contributed by atoms with Gasteiger partial charge < -0.3 is 42.7 Å². The zero-order valence-electron chi connectivity index (χ0n) is 19.5. The van der Waals surface area contributed by atoms with E-state index in [0.29, 0.717) is 24.9 Å². The van der Waals surface area contributed by atoms with Crippen LogP contribution in [0.25, 0.3) is 0 Å². The summed E-state index contributed by atoms with van der Waals surface area (Å²) in [5, 5.41) is 36.3. The molecule has 1 rings (SSSR count). The molecule has 35 heavy (non-hydrogen) atoms. The van der Waals surface area contributed by atoms with Gasteiger partial charge in [0.25, 0.3) is 0 Å². The van der Waals surface area contributed by atoms with Crippen LogP contribution < -0.4 is 27.4 Å². The number of carbonyl (C=O) groups excluding carboxylic acids is 3. The van der Waals surface area contributed by atoms with E-state index in [4.69, 9.17) is 11.5 Å². The van der Waals surface area contributed by atoms with Crippen LogP contribution in [0.2, 0.25) is 0 Å². The van der Waals surface area contributed by atoms with Gasteiger partial charge in [-0.2, -0.15) is 12.6 Å². The highest BCUT2D eigenvalue weighted by Gasteiger charge is 2.32. The highest BCUT2D eigenvalue weighted by atomic mass is 32.1. The first-order chi connectivity index (χ1) is 16.5. The second-order valence-electron chi connectivity index (χ2n) is 8.13. The molecule has 0 aliphatic heterocycles. The minimum Gasteiger partial charge on any atom is -0.508 e. The molecule has 0 bridgehead atoms. The number of hydrogen-bond donors (Lipinski definition) is 9. The predicted octanol–water partition coefficient (Wildman–Crippen LogP) is -1.76. The van der Waals surface area contributed by atoms with Gasteiger partial charge in [-0.15, -0.1) is 0 Å². The number of carbonyl (C=O) groups is 4. The van der Waals surface area contributed by atoms with Crippen LogP contribution in [0.3, 0.4) is 0 Å². The average molecular weight is 514 g/mol. The van der Waals surface area contributed by atoms with E-state index in [9.17, 15) is 34.5 Å². The number of phenolic OH excluding ortho intramolecular Hbond substituents is 1. The second kappa shape index (κ2) is 15.2. The molecule has 0 radical (unpaired) electrons. The zero-order valence-corrected chi connectivity index (χ0v) is 20.4. The van der Waals surface area contributed by atoms with Crippen LogP contribution in [0.1, 0.15) is 31.7 Å². The van der Waals surface area contributed by atoms with Gasteiger partial charge in [0.05, 0.1) is 12.1 Å². The van der Waals surface area contributed by atoms with Crippen LogP contribution >= 0.6 is 12.6 Å². The van der Waals surface area contributed by atoms with Crippen molar-refractivity contribution in [3.05, 3.63) is 29.8 Å². The molecule has 196 valence electrons. The summed E-state index contributed by atoms with van der Waals surface area (Å²) in [6.45, 7) is 1.66. The van der Waals surface area contributed by atoms with E-state index >= 15 is 0 Å². The summed E-state index contributed by atoms with van der Waals surface area (Å²) in [6.07, 6.45) is -0.177. The summed E-state index contributed by atoms with van der Waals surface area (Å²) in [5.41, 5.74) is 11.6. The Morgan fingerprint density at radius 2 is 1.57 bits per heavy atom. The van der Waals surface area contributed by atoms with Crippen molar-refractivity contribution < 1.29 is 34.5 Å². The molecule has 0 saturated heterocycles. The van der Waals surface area contributed by atoms with E-state index in [-0.39, 0.29) is 24.3 Å². The Morgan fingerprint density at radius 3 is 2.09 bits per heavy atom. The molecule has 0 aromatic heterocycles. The Kier molecular flexibility index (Phi) is 13.1. The van der Waals surface area contributed by atoms with Crippen LogP contribution in [0.5, 0.6) is 5.75 Å².